The Morgan fingerprint density at radius 2 is 1.65 bits per heavy atom. The van der Waals surface area contributed by atoms with E-state index < -0.39 is 15.6 Å². The molecule has 2 aromatic rings. The van der Waals surface area contributed by atoms with E-state index in [1.165, 1.54) is 24.3 Å². The van der Waals surface area contributed by atoms with Crippen molar-refractivity contribution in [2.24, 2.45) is 5.73 Å². The van der Waals surface area contributed by atoms with Crippen LogP contribution in [0.15, 0.2) is 47.4 Å². The monoisotopic (exact) mass is 375 g/mol. The van der Waals surface area contributed by atoms with Gasteiger partial charge in [-0.2, -0.15) is 0 Å². The lowest BCUT2D eigenvalue weighted by molar-refractivity contribution is 0.0915. The summed E-state index contributed by atoms with van der Waals surface area (Å²) in [6.45, 7) is 7.81. The van der Waals surface area contributed by atoms with Gasteiger partial charge in [0, 0.05) is 23.3 Å². The average molecular weight is 375 g/mol. The van der Waals surface area contributed by atoms with Gasteiger partial charge in [-0.15, -0.1) is 0 Å². The van der Waals surface area contributed by atoms with Crippen molar-refractivity contribution in [1.29, 1.82) is 0 Å². The van der Waals surface area contributed by atoms with Crippen molar-refractivity contribution < 1.29 is 13.2 Å². The minimum absolute atomic E-state index is 0.0883. The Morgan fingerprint density at radius 1 is 1.04 bits per heavy atom. The average Bonchev–Trinajstić information content (AvgIpc) is 2.57. The van der Waals surface area contributed by atoms with Gasteiger partial charge in [-0.1, -0.05) is 6.07 Å². The van der Waals surface area contributed by atoms with Gasteiger partial charge in [-0.05, 0) is 75.2 Å². The van der Waals surface area contributed by atoms with Gasteiger partial charge in [0.2, 0.25) is 0 Å². The van der Waals surface area contributed by atoms with E-state index in [0.29, 0.717) is 17.8 Å². The van der Waals surface area contributed by atoms with Crippen LogP contribution in [0.4, 0.5) is 5.69 Å². The van der Waals surface area contributed by atoms with E-state index in [9.17, 15) is 13.2 Å². The number of carbonyl (C=O) groups is 1. The van der Waals surface area contributed by atoms with Gasteiger partial charge < -0.3 is 11.1 Å². The number of rotatable bonds is 6. The van der Waals surface area contributed by atoms with Crippen LogP contribution in [0.5, 0.6) is 0 Å². The molecule has 0 atom stereocenters. The molecule has 4 N–H and O–H groups in total. The van der Waals surface area contributed by atoms with Gasteiger partial charge >= 0.3 is 0 Å². The Labute approximate surface area is 154 Å². The van der Waals surface area contributed by atoms with Crippen LogP contribution in [0.1, 0.15) is 35.3 Å². The van der Waals surface area contributed by atoms with Crippen molar-refractivity contribution in [2.45, 2.75) is 38.1 Å². The topological polar surface area (TPSA) is 101 Å². The molecule has 7 heteroatoms. The lowest BCUT2D eigenvalue weighted by Crippen LogP contribution is -2.48. The summed E-state index contributed by atoms with van der Waals surface area (Å²) in [5.74, 6) is -0.300. The molecular formula is C19H25N3O3S. The molecule has 0 saturated carbocycles. The van der Waals surface area contributed by atoms with Crippen molar-refractivity contribution in [2.75, 3.05) is 11.3 Å². The van der Waals surface area contributed by atoms with Gasteiger partial charge in [-0.3, -0.25) is 9.52 Å². The number of carbonyl (C=O) groups excluding carboxylic acids is 1. The summed E-state index contributed by atoms with van der Waals surface area (Å²) in [5, 5.41) is 2.80. The zero-order valence-corrected chi connectivity index (χ0v) is 16.3. The van der Waals surface area contributed by atoms with E-state index in [-0.39, 0.29) is 10.8 Å². The maximum Gasteiger partial charge on any atom is 0.261 e. The van der Waals surface area contributed by atoms with Crippen LogP contribution < -0.4 is 15.8 Å². The maximum absolute atomic E-state index is 12.5. The quantitative estimate of drug-likeness (QED) is 0.722. The van der Waals surface area contributed by atoms with Gasteiger partial charge in [-0.25, -0.2) is 8.42 Å². The number of nitrogens with one attached hydrogen (secondary N) is 2. The molecule has 0 aromatic heterocycles. The molecule has 2 aromatic carbocycles. The predicted octanol–water partition coefficient (Wildman–Crippen LogP) is 2.57. The van der Waals surface area contributed by atoms with E-state index >= 15 is 0 Å². The summed E-state index contributed by atoms with van der Waals surface area (Å²) in [5.41, 5.74) is 8.03. The Balaban J connectivity index is 2.18. The fraction of sp³-hybridized carbons (Fsp3) is 0.316. The third-order valence-electron chi connectivity index (χ3n) is 4.15. The van der Waals surface area contributed by atoms with Crippen molar-refractivity contribution in [3.05, 3.63) is 59.2 Å². The highest BCUT2D eigenvalue weighted by molar-refractivity contribution is 7.92. The molecule has 0 saturated heterocycles. The Kier molecular flexibility index (Phi) is 5.73. The minimum atomic E-state index is -3.73. The molecule has 26 heavy (non-hydrogen) atoms. The lowest BCUT2D eigenvalue weighted by atomic mass is 10.1. The molecule has 140 valence electrons. The predicted molar refractivity (Wildman–Crippen MR) is 104 cm³/mol. The molecule has 6 nitrogen and oxygen atoms in total. The van der Waals surface area contributed by atoms with Crippen LogP contribution in [-0.4, -0.2) is 26.4 Å². The molecule has 0 aliphatic rings. The summed E-state index contributed by atoms with van der Waals surface area (Å²) in [6.07, 6.45) is 0. The summed E-state index contributed by atoms with van der Waals surface area (Å²) in [7, 11) is -3.73. The molecule has 0 bridgehead atoms. The number of aryl methyl sites for hydroxylation is 2. The van der Waals surface area contributed by atoms with Crippen molar-refractivity contribution in [1.82, 2.24) is 5.32 Å². The largest absolute Gasteiger partial charge is 0.346 e. The highest BCUT2D eigenvalue weighted by Crippen LogP contribution is 2.19. The third kappa shape index (κ3) is 4.83. The molecular weight excluding hydrogens is 350 g/mol. The van der Waals surface area contributed by atoms with Gasteiger partial charge in [0.15, 0.2) is 0 Å². The van der Waals surface area contributed by atoms with Crippen molar-refractivity contribution >= 4 is 21.6 Å². The van der Waals surface area contributed by atoms with Gasteiger partial charge in [0.25, 0.3) is 15.9 Å². The molecule has 2 rings (SSSR count). The van der Waals surface area contributed by atoms with Crippen LogP contribution in [-0.2, 0) is 10.0 Å². The fourth-order valence-electron chi connectivity index (χ4n) is 2.23. The van der Waals surface area contributed by atoms with E-state index in [2.05, 4.69) is 10.0 Å². The first kappa shape index (κ1) is 19.9. The molecule has 1 amide bonds. The zero-order chi connectivity index (χ0) is 19.5. The number of amides is 1. The Hall–Kier alpha value is -2.38. The number of benzene rings is 2. The molecule has 0 unspecified atom stereocenters. The first-order valence-corrected chi connectivity index (χ1v) is 9.75. The zero-order valence-electron chi connectivity index (χ0n) is 15.5. The summed E-state index contributed by atoms with van der Waals surface area (Å²) in [4.78, 5) is 12.3. The molecule has 0 aliphatic heterocycles. The van der Waals surface area contributed by atoms with E-state index in [1.54, 1.807) is 12.1 Å². The van der Waals surface area contributed by atoms with Crippen molar-refractivity contribution in [3.8, 4) is 0 Å². The first-order chi connectivity index (χ1) is 12.0. The highest BCUT2D eigenvalue weighted by atomic mass is 32.2. The van der Waals surface area contributed by atoms with E-state index in [0.717, 1.165) is 11.1 Å². The second-order valence-corrected chi connectivity index (χ2v) is 8.65. The number of anilines is 1. The fourth-order valence-corrected chi connectivity index (χ4v) is 3.28. The first-order valence-electron chi connectivity index (χ1n) is 8.27. The van der Waals surface area contributed by atoms with Crippen molar-refractivity contribution in [3.63, 3.8) is 0 Å². The van der Waals surface area contributed by atoms with Crippen LogP contribution in [0.3, 0.4) is 0 Å². The normalized spacial score (nSPS) is 11.9. The highest BCUT2D eigenvalue weighted by Gasteiger charge is 2.20. The van der Waals surface area contributed by atoms with E-state index in [4.69, 9.17) is 5.73 Å². The maximum atomic E-state index is 12.5. The number of hydrogen-bond donors (Lipinski definition) is 3. The van der Waals surface area contributed by atoms with Crippen LogP contribution in [0.25, 0.3) is 0 Å². The van der Waals surface area contributed by atoms with Gasteiger partial charge in [0.05, 0.1) is 4.90 Å². The Bertz CT molecular complexity index is 904. The smallest absolute Gasteiger partial charge is 0.261 e. The summed E-state index contributed by atoms with van der Waals surface area (Å²) >= 11 is 0. The lowest BCUT2D eigenvalue weighted by Gasteiger charge is -2.24. The second-order valence-electron chi connectivity index (χ2n) is 6.97. The molecule has 0 fully saturated rings. The Morgan fingerprint density at radius 3 is 2.19 bits per heavy atom. The number of nitrogens with two attached hydrogens (primary N) is 1. The van der Waals surface area contributed by atoms with Crippen LogP contribution >= 0.6 is 0 Å². The second kappa shape index (κ2) is 7.47. The summed E-state index contributed by atoms with van der Waals surface area (Å²) in [6, 6.07) is 11.1. The van der Waals surface area contributed by atoms with E-state index in [1.807, 2.05) is 33.8 Å². The molecule has 0 spiro atoms. The SMILES string of the molecule is Cc1ccc(NS(=O)(=O)c2ccc(C(=O)NC(C)(C)CN)cc2)cc1C. The minimum Gasteiger partial charge on any atom is -0.346 e. The summed E-state index contributed by atoms with van der Waals surface area (Å²) < 4.78 is 27.6. The number of hydrogen-bond acceptors (Lipinski definition) is 4. The molecule has 0 aliphatic carbocycles. The molecule has 0 heterocycles. The van der Waals surface area contributed by atoms with Gasteiger partial charge in [0.1, 0.15) is 0 Å². The van der Waals surface area contributed by atoms with Crippen LogP contribution in [0, 0.1) is 13.8 Å². The number of sulfonamides is 1. The molecule has 0 radical (unpaired) electrons. The standard InChI is InChI=1S/C19H25N3O3S/c1-13-5-8-16(11-14(13)2)22-26(24,25)17-9-6-15(7-10-17)18(23)21-19(3,4)12-20/h5-11,22H,12,20H2,1-4H3,(H,21,23). The third-order valence-corrected chi connectivity index (χ3v) is 5.55. The van der Waals surface area contributed by atoms with Crippen LogP contribution in [0.2, 0.25) is 0 Å².